The minimum Gasteiger partial charge on any atom is -0.495 e. The van der Waals surface area contributed by atoms with Crippen molar-refractivity contribution in [2.75, 3.05) is 27.7 Å². The number of hydrogen-bond acceptors (Lipinski definition) is 3. The van der Waals surface area contributed by atoms with E-state index >= 15 is 0 Å². The lowest BCUT2D eigenvalue weighted by atomic mass is 10.0. The zero-order valence-corrected chi connectivity index (χ0v) is 16.0. The van der Waals surface area contributed by atoms with Gasteiger partial charge in [0.1, 0.15) is 5.75 Å². The molecule has 0 spiro atoms. The molecule has 3 nitrogen and oxygen atoms in total. The molecule has 1 unspecified atom stereocenters. The third kappa shape index (κ3) is 5.02. The normalized spacial score (nSPS) is 13.1. The fourth-order valence-corrected chi connectivity index (χ4v) is 3.82. The molecule has 0 heterocycles. The minimum atomic E-state index is 0.525. The largest absolute Gasteiger partial charge is 0.495 e. The third-order valence-electron chi connectivity index (χ3n) is 3.39. The fraction of sp³-hybridized carbons (Fsp3) is 0.600. The van der Waals surface area contributed by atoms with Crippen LogP contribution in [0.5, 0.6) is 5.75 Å². The lowest BCUT2D eigenvalue weighted by Crippen LogP contribution is -2.41. The van der Waals surface area contributed by atoms with Crippen LogP contribution in [0, 0.1) is 5.92 Å². The number of ether oxygens (including phenoxy) is 1. The summed E-state index contributed by atoms with van der Waals surface area (Å²) in [5.41, 5.74) is 1.15. The SMILES string of the molecule is COc1c(Br)cc(Br)cc1CNCC(C(C)C)N(C)C. The molecule has 0 fully saturated rings. The van der Waals surface area contributed by atoms with Crippen LogP contribution >= 0.6 is 31.9 Å². The summed E-state index contributed by atoms with van der Waals surface area (Å²) in [6.07, 6.45) is 0. The highest BCUT2D eigenvalue weighted by atomic mass is 79.9. The molecule has 0 radical (unpaired) electrons. The van der Waals surface area contributed by atoms with Crippen LogP contribution in [0.15, 0.2) is 21.1 Å². The van der Waals surface area contributed by atoms with Crippen LogP contribution in [0.4, 0.5) is 0 Å². The first-order chi connectivity index (χ1) is 9.36. The summed E-state index contributed by atoms with van der Waals surface area (Å²) in [4.78, 5) is 2.27. The molecule has 0 aromatic heterocycles. The van der Waals surface area contributed by atoms with E-state index in [1.165, 1.54) is 0 Å². The molecule has 1 N–H and O–H groups in total. The summed E-state index contributed by atoms with van der Waals surface area (Å²) in [6, 6.07) is 4.62. The number of nitrogens with zero attached hydrogens (tertiary/aromatic N) is 1. The van der Waals surface area contributed by atoms with Crippen LogP contribution in [0.25, 0.3) is 0 Å². The van der Waals surface area contributed by atoms with E-state index in [0.29, 0.717) is 12.0 Å². The molecule has 1 rings (SSSR count). The molecule has 0 amide bonds. The van der Waals surface area contributed by atoms with Gasteiger partial charge in [-0.25, -0.2) is 0 Å². The van der Waals surface area contributed by atoms with Gasteiger partial charge in [0.25, 0.3) is 0 Å². The molecule has 0 aliphatic carbocycles. The maximum absolute atomic E-state index is 5.47. The predicted octanol–water partition coefficient (Wildman–Crippen LogP) is 3.90. The Morgan fingerprint density at radius 3 is 2.40 bits per heavy atom. The molecule has 1 aromatic rings. The second-order valence-corrected chi connectivity index (χ2v) is 7.26. The molecule has 20 heavy (non-hydrogen) atoms. The van der Waals surface area contributed by atoms with Gasteiger partial charge in [0.05, 0.1) is 11.6 Å². The molecule has 0 aliphatic rings. The Morgan fingerprint density at radius 2 is 1.90 bits per heavy atom. The quantitative estimate of drug-likeness (QED) is 0.741. The molecule has 0 saturated carbocycles. The maximum atomic E-state index is 5.47. The summed E-state index contributed by atoms with van der Waals surface area (Å²) in [6.45, 7) is 6.25. The Hall–Kier alpha value is -0.100. The smallest absolute Gasteiger partial charge is 0.137 e. The number of rotatable bonds is 7. The maximum Gasteiger partial charge on any atom is 0.137 e. The van der Waals surface area contributed by atoms with Crippen LogP contribution in [-0.4, -0.2) is 38.7 Å². The monoisotopic (exact) mass is 406 g/mol. The summed E-state index contributed by atoms with van der Waals surface area (Å²) in [5, 5.41) is 3.53. The number of benzene rings is 1. The van der Waals surface area contributed by atoms with Gasteiger partial charge in [0.15, 0.2) is 0 Å². The first-order valence-corrected chi connectivity index (χ1v) is 8.34. The van der Waals surface area contributed by atoms with Crippen molar-refractivity contribution < 1.29 is 4.74 Å². The molecule has 0 saturated heterocycles. The fourth-order valence-electron chi connectivity index (χ4n) is 2.34. The van der Waals surface area contributed by atoms with Crippen LogP contribution in [0.2, 0.25) is 0 Å². The van der Waals surface area contributed by atoms with Crippen molar-refractivity contribution in [1.29, 1.82) is 0 Å². The van der Waals surface area contributed by atoms with E-state index in [0.717, 1.165) is 33.3 Å². The summed E-state index contributed by atoms with van der Waals surface area (Å²) >= 11 is 7.06. The van der Waals surface area contributed by atoms with Crippen LogP contribution in [0.3, 0.4) is 0 Å². The Morgan fingerprint density at radius 1 is 1.25 bits per heavy atom. The standard InChI is InChI=1S/C15H24Br2N2O/c1-10(2)14(19(3)4)9-18-8-11-6-12(16)7-13(17)15(11)20-5/h6-7,10,14,18H,8-9H2,1-5H3. The van der Waals surface area contributed by atoms with Gasteiger partial charge < -0.3 is 15.0 Å². The van der Waals surface area contributed by atoms with E-state index in [9.17, 15) is 0 Å². The van der Waals surface area contributed by atoms with E-state index in [2.05, 4.69) is 76.1 Å². The summed E-state index contributed by atoms with van der Waals surface area (Å²) in [5.74, 6) is 1.51. The van der Waals surface area contributed by atoms with Gasteiger partial charge in [-0.3, -0.25) is 0 Å². The van der Waals surface area contributed by atoms with Gasteiger partial charge in [-0.2, -0.15) is 0 Å². The molecule has 0 aliphatic heterocycles. The van der Waals surface area contributed by atoms with E-state index in [1.54, 1.807) is 7.11 Å². The molecule has 1 atom stereocenters. The second kappa shape index (κ2) is 8.37. The van der Waals surface area contributed by atoms with Crippen LogP contribution < -0.4 is 10.1 Å². The number of halogens is 2. The number of likely N-dealkylation sites (N-methyl/N-ethyl adjacent to an activating group) is 1. The van der Waals surface area contributed by atoms with Crippen LogP contribution in [-0.2, 0) is 6.54 Å². The first-order valence-electron chi connectivity index (χ1n) is 6.75. The van der Waals surface area contributed by atoms with E-state index in [4.69, 9.17) is 4.74 Å². The minimum absolute atomic E-state index is 0.525. The Kier molecular flexibility index (Phi) is 7.51. The van der Waals surface area contributed by atoms with E-state index in [-0.39, 0.29) is 0 Å². The van der Waals surface area contributed by atoms with E-state index in [1.807, 2.05) is 6.07 Å². The highest BCUT2D eigenvalue weighted by molar-refractivity contribution is 9.11. The predicted molar refractivity (Wildman–Crippen MR) is 92.4 cm³/mol. The van der Waals surface area contributed by atoms with E-state index < -0.39 is 0 Å². The van der Waals surface area contributed by atoms with Gasteiger partial charge in [0.2, 0.25) is 0 Å². The van der Waals surface area contributed by atoms with Gasteiger partial charge in [-0.1, -0.05) is 29.8 Å². The second-order valence-electron chi connectivity index (χ2n) is 5.49. The number of hydrogen-bond donors (Lipinski definition) is 1. The first kappa shape index (κ1) is 18.0. The average molecular weight is 408 g/mol. The molecule has 0 bridgehead atoms. The van der Waals surface area contributed by atoms with Gasteiger partial charge in [-0.05, 0) is 48.1 Å². The zero-order chi connectivity index (χ0) is 15.3. The van der Waals surface area contributed by atoms with Crippen molar-refractivity contribution in [1.82, 2.24) is 10.2 Å². The van der Waals surface area contributed by atoms with Crippen molar-refractivity contribution >= 4 is 31.9 Å². The molecule has 114 valence electrons. The summed E-state index contributed by atoms with van der Waals surface area (Å²) in [7, 11) is 5.96. The molecule has 1 aromatic carbocycles. The van der Waals surface area contributed by atoms with Crippen molar-refractivity contribution in [2.24, 2.45) is 5.92 Å². The van der Waals surface area contributed by atoms with Gasteiger partial charge in [-0.15, -0.1) is 0 Å². The average Bonchev–Trinajstić information content (AvgIpc) is 2.33. The highest BCUT2D eigenvalue weighted by Gasteiger charge is 2.16. The highest BCUT2D eigenvalue weighted by Crippen LogP contribution is 2.32. The Balaban J connectivity index is 2.70. The third-order valence-corrected chi connectivity index (χ3v) is 4.44. The molecular formula is C15H24Br2N2O. The van der Waals surface area contributed by atoms with Crippen molar-refractivity contribution in [3.63, 3.8) is 0 Å². The lowest BCUT2D eigenvalue weighted by molar-refractivity contribution is 0.224. The number of methoxy groups -OCH3 is 1. The van der Waals surface area contributed by atoms with Crippen LogP contribution in [0.1, 0.15) is 19.4 Å². The van der Waals surface area contributed by atoms with Crippen molar-refractivity contribution in [3.05, 3.63) is 26.6 Å². The van der Waals surface area contributed by atoms with Gasteiger partial charge >= 0.3 is 0 Å². The van der Waals surface area contributed by atoms with Gasteiger partial charge in [0, 0.05) is 29.2 Å². The van der Waals surface area contributed by atoms with Crippen molar-refractivity contribution in [2.45, 2.75) is 26.4 Å². The zero-order valence-electron chi connectivity index (χ0n) is 12.8. The topological polar surface area (TPSA) is 24.5 Å². The molecular weight excluding hydrogens is 384 g/mol. The van der Waals surface area contributed by atoms with Crippen molar-refractivity contribution in [3.8, 4) is 5.75 Å². The Labute approximate surface area is 139 Å². The number of nitrogens with one attached hydrogen (secondary N) is 1. The summed E-state index contributed by atoms with van der Waals surface area (Å²) < 4.78 is 7.49. The molecule has 5 heteroatoms. The Bertz CT molecular complexity index is 428. The lowest BCUT2D eigenvalue weighted by Gasteiger charge is -2.28.